The third-order valence-corrected chi connectivity index (χ3v) is 4.71. The van der Waals surface area contributed by atoms with Crippen molar-refractivity contribution < 1.29 is 4.79 Å². The van der Waals surface area contributed by atoms with Gasteiger partial charge in [0.15, 0.2) is 0 Å². The normalized spacial score (nSPS) is 21.0. The zero-order chi connectivity index (χ0) is 11.9. The van der Waals surface area contributed by atoms with Crippen molar-refractivity contribution in [3.05, 3.63) is 5.01 Å². The van der Waals surface area contributed by atoms with E-state index in [0.29, 0.717) is 15.6 Å². The molecule has 1 amide bonds. The number of nitrogens with zero attached hydrogens (tertiary/aromatic N) is 2. The fraction of sp³-hybridized carbons (Fsp3) is 0.727. The van der Waals surface area contributed by atoms with Crippen LogP contribution in [0.1, 0.15) is 35.5 Å². The van der Waals surface area contributed by atoms with E-state index in [1.165, 1.54) is 37.0 Å². The molecule has 0 atom stereocenters. The lowest BCUT2D eigenvalue weighted by molar-refractivity contribution is 0.0941. The van der Waals surface area contributed by atoms with Gasteiger partial charge in [0, 0.05) is 13.6 Å². The topological polar surface area (TPSA) is 66.9 Å². The molecule has 5 nitrogen and oxygen atoms in total. The van der Waals surface area contributed by atoms with Crippen molar-refractivity contribution in [3.8, 4) is 0 Å². The third-order valence-electron chi connectivity index (χ3n) is 3.77. The molecule has 3 rings (SSSR count). The van der Waals surface area contributed by atoms with Crippen molar-refractivity contribution in [3.63, 3.8) is 0 Å². The highest BCUT2D eigenvalue weighted by molar-refractivity contribution is 7.17. The average molecular weight is 252 g/mol. The van der Waals surface area contributed by atoms with Gasteiger partial charge in [0.2, 0.25) is 10.1 Å². The van der Waals surface area contributed by atoms with Gasteiger partial charge in [-0.2, -0.15) is 0 Å². The van der Waals surface area contributed by atoms with Gasteiger partial charge in [0.25, 0.3) is 5.91 Å². The predicted octanol–water partition coefficient (Wildman–Crippen LogP) is 1.50. The standard InChI is InChI=1S/C11H16N4OS/c1-12-10-15-14-9(17-10)8(16)13-6-11(4-5-11)7-2-3-7/h7H,2-6H2,1H3,(H,12,15)(H,13,16). The van der Waals surface area contributed by atoms with E-state index in [4.69, 9.17) is 0 Å². The van der Waals surface area contributed by atoms with E-state index in [1.54, 1.807) is 7.05 Å². The molecular weight excluding hydrogens is 236 g/mol. The molecule has 0 bridgehead atoms. The number of carbonyl (C=O) groups excluding carboxylic acids is 1. The molecule has 0 radical (unpaired) electrons. The van der Waals surface area contributed by atoms with Crippen LogP contribution in [0.15, 0.2) is 0 Å². The second-order valence-electron chi connectivity index (χ2n) is 4.98. The van der Waals surface area contributed by atoms with Crippen LogP contribution >= 0.6 is 11.3 Å². The first-order valence-corrected chi connectivity index (χ1v) is 6.85. The summed E-state index contributed by atoms with van der Waals surface area (Å²) in [4.78, 5) is 11.9. The Morgan fingerprint density at radius 1 is 1.47 bits per heavy atom. The summed E-state index contributed by atoms with van der Waals surface area (Å²) in [5.41, 5.74) is 0.437. The number of anilines is 1. The molecule has 1 aromatic rings. The molecule has 2 aliphatic carbocycles. The van der Waals surface area contributed by atoms with Gasteiger partial charge in [-0.15, -0.1) is 10.2 Å². The van der Waals surface area contributed by atoms with E-state index < -0.39 is 0 Å². The molecule has 0 saturated heterocycles. The lowest BCUT2D eigenvalue weighted by Crippen LogP contribution is -2.31. The van der Waals surface area contributed by atoms with Crippen LogP contribution in [-0.4, -0.2) is 29.7 Å². The molecular formula is C11H16N4OS. The molecule has 0 spiro atoms. The lowest BCUT2D eigenvalue weighted by Gasteiger charge is -2.13. The highest BCUT2D eigenvalue weighted by Crippen LogP contribution is 2.60. The molecule has 17 heavy (non-hydrogen) atoms. The molecule has 2 fully saturated rings. The van der Waals surface area contributed by atoms with Gasteiger partial charge in [0.05, 0.1) is 0 Å². The highest BCUT2D eigenvalue weighted by atomic mass is 32.1. The monoisotopic (exact) mass is 252 g/mol. The van der Waals surface area contributed by atoms with Gasteiger partial charge in [-0.25, -0.2) is 0 Å². The van der Waals surface area contributed by atoms with Crippen LogP contribution in [0, 0.1) is 11.3 Å². The van der Waals surface area contributed by atoms with Crippen molar-refractivity contribution >= 4 is 22.4 Å². The van der Waals surface area contributed by atoms with Crippen LogP contribution < -0.4 is 10.6 Å². The van der Waals surface area contributed by atoms with E-state index in [9.17, 15) is 4.79 Å². The summed E-state index contributed by atoms with van der Waals surface area (Å²) in [5.74, 6) is 0.779. The molecule has 2 saturated carbocycles. The minimum atomic E-state index is -0.0871. The first-order chi connectivity index (χ1) is 8.23. The van der Waals surface area contributed by atoms with Crippen molar-refractivity contribution in [2.45, 2.75) is 25.7 Å². The van der Waals surface area contributed by atoms with E-state index in [1.807, 2.05) is 0 Å². The van der Waals surface area contributed by atoms with Gasteiger partial charge >= 0.3 is 0 Å². The molecule has 6 heteroatoms. The minimum absolute atomic E-state index is 0.0871. The molecule has 1 heterocycles. The predicted molar refractivity (Wildman–Crippen MR) is 66.2 cm³/mol. The smallest absolute Gasteiger partial charge is 0.282 e. The number of hydrogen-bond donors (Lipinski definition) is 2. The van der Waals surface area contributed by atoms with Gasteiger partial charge in [-0.1, -0.05) is 11.3 Å². The Morgan fingerprint density at radius 3 is 2.76 bits per heavy atom. The maximum Gasteiger partial charge on any atom is 0.282 e. The summed E-state index contributed by atoms with van der Waals surface area (Å²) in [6.45, 7) is 0.810. The third kappa shape index (κ3) is 2.13. The van der Waals surface area contributed by atoms with Crippen LogP contribution in [0.3, 0.4) is 0 Å². The lowest BCUT2D eigenvalue weighted by atomic mass is 10.0. The number of amides is 1. The Hall–Kier alpha value is -1.17. The summed E-state index contributed by atoms with van der Waals surface area (Å²) in [7, 11) is 1.77. The Labute approximate surface area is 104 Å². The molecule has 2 N–H and O–H groups in total. The fourth-order valence-corrected chi connectivity index (χ4v) is 2.95. The zero-order valence-electron chi connectivity index (χ0n) is 9.82. The first kappa shape index (κ1) is 11.0. The van der Waals surface area contributed by atoms with Crippen LogP contribution in [0.4, 0.5) is 5.13 Å². The summed E-state index contributed by atoms with van der Waals surface area (Å²) in [6.07, 6.45) is 5.24. The maximum atomic E-state index is 11.9. The maximum absolute atomic E-state index is 11.9. The Bertz CT molecular complexity index is 436. The summed E-state index contributed by atoms with van der Waals surface area (Å²) < 4.78 is 0. The summed E-state index contributed by atoms with van der Waals surface area (Å²) in [6, 6.07) is 0. The van der Waals surface area contributed by atoms with Crippen LogP contribution in [0.5, 0.6) is 0 Å². The van der Waals surface area contributed by atoms with E-state index >= 15 is 0 Å². The van der Waals surface area contributed by atoms with Gasteiger partial charge < -0.3 is 10.6 Å². The van der Waals surface area contributed by atoms with Crippen LogP contribution in [0.2, 0.25) is 0 Å². The Kier molecular flexibility index (Phi) is 2.54. The molecule has 2 aliphatic rings. The summed E-state index contributed by atoms with van der Waals surface area (Å²) >= 11 is 1.29. The van der Waals surface area contributed by atoms with Crippen LogP contribution in [0.25, 0.3) is 0 Å². The van der Waals surface area contributed by atoms with E-state index in [-0.39, 0.29) is 5.91 Å². The molecule has 0 aliphatic heterocycles. The van der Waals surface area contributed by atoms with Crippen LogP contribution in [-0.2, 0) is 0 Å². The fourth-order valence-electron chi connectivity index (χ4n) is 2.33. The largest absolute Gasteiger partial charge is 0.363 e. The molecule has 0 aromatic carbocycles. The van der Waals surface area contributed by atoms with Gasteiger partial charge in [0.1, 0.15) is 0 Å². The minimum Gasteiger partial charge on any atom is -0.363 e. The van der Waals surface area contributed by atoms with E-state index in [0.717, 1.165) is 12.5 Å². The van der Waals surface area contributed by atoms with Crippen molar-refractivity contribution in [2.75, 3.05) is 18.9 Å². The number of aromatic nitrogens is 2. The quantitative estimate of drug-likeness (QED) is 0.833. The van der Waals surface area contributed by atoms with E-state index in [2.05, 4.69) is 20.8 Å². The Balaban J connectivity index is 1.56. The summed E-state index contributed by atoms with van der Waals surface area (Å²) in [5, 5.41) is 14.7. The number of hydrogen-bond acceptors (Lipinski definition) is 5. The molecule has 1 aromatic heterocycles. The first-order valence-electron chi connectivity index (χ1n) is 6.03. The number of rotatable bonds is 5. The SMILES string of the molecule is CNc1nnc(C(=O)NCC2(C3CC3)CC2)s1. The second kappa shape index (κ2) is 3.94. The van der Waals surface area contributed by atoms with Gasteiger partial charge in [-0.3, -0.25) is 4.79 Å². The second-order valence-corrected chi connectivity index (χ2v) is 5.96. The van der Waals surface area contributed by atoms with Gasteiger partial charge in [-0.05, 0) is 37.0 Å². The molecule has 92 valence electrons. The van der Waals surface area contributed by atoms with Crippen molar-refractivity contribution in [1.82, 2.24) is 15.5 Å². The average Bonchev–Trinajstić information content (AvgIpc) is 3.23. The van der Waals surface area contributed by atoms with Crippen molar-refractivity contribution in [2.24, 2.45) is 11.3 Å². The van der Waals surface area contributed by atoms with Crippen molar-refractivity contribution in [1.29, 1.82) is 0 Å². The zero-order valence-corrected chi connectivity index (χ0v) is 10.6. The highest BCUT2D eigenvalue weighted by Gasteiger charge is 2.53. The number of nitrogens with one attached hydrogen (secondary N) is 2. The molecule has 0 unspecified atom stereocenters. The number of carbonyl (C=O) groups is 1. The Morgan fingerprint density at radius 2 is 2.24 bits per heavy atom.